The van der Waals surface area contributed by atoms with Gasteiger partial charge in [0.1, 0.15) is 5.82 Å². The first-order valence-electron chi connectivity index (χ1n) is 6.97. The third-order valence-electron chi connectivity index (χ3n) is 3.32. The molecule has 2 heterocycles. The molecular formula is C17H17N5. The lowest BCUT2D eigenvalue weighted by atomic mass is 10.2. The number of rotatable bonds is 3. The smallest absolute Gasteiger partial charge is 0.146 e. The second-order valence-corrected chi connectivity index (χ2v) is 4.97. The molecule has 1 aromatic heterocycles. The van der Waals surface area contributed by atoms with E-state index in [4.69, 9.17) is 5.73 Å². The van der Waals surface area contributed by atoms with Crippen molar-refractivity contribution in [3.63, 3.8) is 0 Å². The molecular weight excluding hydrogens is 274 g/mol. The third kappa shape index (κ3) is 3.15. The van der Waals surface area contributed by atoms with Crippen molar-refractivity contribution in [2.24, 2.45) is 4.99 Å². The maximum atomic E-state index is 5.83. The highest BCUT2D eigenvalue weighted by atomic mass is 15.1. The fourth-order valence-electron chi connectivity index (χ4n) is 2.11. The van der Waals surface area contributed by atoms with E-state index in [1.165, 1.54) is 0 Å². The number of aryl methyl sites for hydroxylation is 1. The zero-order chi connectivity index (χ0) is 15.4. The Labute approximate surface area is 129 Å². The summed E-state index contributed by atoms with van der Waals surface area (Å²) in [6.07, 6.45) is 9.05. The molecule has 0 spiro atoms. The monoisotopic (exact) mass is 291 g/mol. The minimum Gasteiger partial charge on any atom is -0.399 e. The molecule has 5 heteroatoms. The lowest BCUT2D eigenvalue weighted by Gasteiger charge is -2.11. The minimum atomic E-state index is 0.712. The standard InChI is InChI=1S/C17H17N5/c1-12-4-5-14(18)9-16(12)22-17-11-21-15(6-8-20-17)13-3-2-7-19-10-13/h2-11,21-22H,18H2,1H3. The first-order chi connectivity index (χ1) is 10.7. The zero-order valence-corrected chi connectivity index (χ0v) is 12.2. The topological polar surface area (TPSA) is 75.3 Å². The number of pyridine rings is 1. The summed E-state index contributed by atoms with van der Waals surface area (Å²) < 4.78 is 0. The van der Waals surface area contributed by atoms with E-state index in [9.17, 15) is 0 Å². The average Bonchev–Trinajstić information content (AvgIpc) is 2.77. The van der Waals surface area contributed by atoms with Crippen LogP contribution in [0.1, 0.15) is 11.1 Å². The minimum absolute atomic E-state index is 0.712. The molecule has 0 atom stereocenters. The van der Waals surface area contributed by atoms with Gasteiger partial charge in [-0.05, 0) is 42.8 Å². The number of hydrogen-bond acceptors (Lipinski definition) is 5. The van der Waals surface area contributed by atoms with Crippen LogP contribution < -0.4 is 16.4 Å². The molecule has 1 aromatic carbocycles. The van der Waals surface area contributed by atoms with Crippen LogP contribution in [0.3, 0.4) is 0 Å². The van der Waals surface area contributed by atoms with Crippen molar-refractivity contribution in [2.45, 2.75) is 6.92 Å². The lowest BCUT2D eigenvalue weighted by Crippen LogP contribution is -2.07. The summed E-state index contributed by atoms with van der Waals surface area (Å²) in [5, 5.41) is 6.52. The van der Waals surface area contributed by atoms with Gasteiger partial charge < -0.3 is 16.4 Å². The van der Waals surface area contributed by atoms with Gasteiger partial charge in [0.15, 0.2) is 0 Å². The number of nitrogens with zero attached hydrogens (tertiary/aromatic N) is 2. The molecule has 3 rings (SSSR count). The van der Waals surface area contributed by atoms with Crippen LogP contribution in [-0.4, -0.2) is 11.2 Å². The van der Waals surface area contributed by atoms with Gasteiger partial charge in [0.25, 0.3) is 0 Å². The normalized spacial score (nSPS) is 13.7. The predicted molar refractivity (Wildman–Crippen MR) is 91.1 cm³/mol. The summed E-state index contributed by atoms with van der Waals surface area (Å²) in [5.74, 6) is 0.712. The van der Waals surface area contributed by atoms with E-state index in [0.717, 1.165) is 22.5 Å². The quantitative estimate of drug-likeness (QED) is 0.760. The molecule has 0 bridgehead atoms. The highest BCUT2D eigenvalue weighted by Gasteiger charge is 2.05. The van der Waals surface area contributed by atoms with Crippen LogP contribution in [-0.2, 0) is 0 Å². The van der Waals surface area contributed by atoms with Crippen molar-refractivity contribution >= 4 is 23.3 Å². The number of nitrogen functional groups attached to an aromatic ring is 1. The molecule has 5 nitrogen and oxygen atoms in total. The fourth-order valence-corrected chi connectivity index (χ4v) is 2.11. The third-order valence-corrected chi connectivity index (χ3v) is 3.32. The lowest BCUT2D eigenvalue weighted by molar-refractivity contribution is 1.15. The Hall–Kier alpha value is -3.08. The van der Waals surface area contributed by atoms with Gasteiger partial charge in [-0.15, -0.1) is 0 Å². The number of hydrogen-bond donors (Lipinski definition) is 3. The van der Waals surface area contributed by atoms with E-state index in [0.29, 0.717) is 11.5 Å². The second-order valence-electron chi connectivity index (χ2n) is 4.97. The Morgan fingerprint density at radius 3 is 2.95 bits per heavy atom. The Kier molecular flexibility index (Phi) is 3.87. The maximum absolute atomic E-state index is 5.83. The van der Waals surface area contributed by atoms with Crippen LogP contribution in [0, 0.1) is 6.92 Å². The van der Waals surface area contributed by atoms with Crippen LogP contribution >= 0.6 is 0 Å². The highest BCUT2D eigenvalue weighted by molar-refractivity contribution is 5.85. The Bertz CT molecular complexity index is 760. The number of aliphatic imine (C=N–C) groups is 1. The van der Waals surface area contributed by atoms with Crippen molar-refractivity contribution < 1.29 is 0 Å². The van der Waals surface area contributed by atoms with Crippen molar-refractivity contribution in [1.82, 2.24) is 10.3 Å². The van der Waals surface area contributed by atoms with E-state index in [1.54, 1.807) is 18.6 Å². The van der Waals surface area contributed by atoms with Gasteiger partial charge in [-0.25, -0.2) is 4.99 Å². The summed E-state index contributed by atoms with van der Waals surface area (Å²) in [5.41, 5.74) is 10.5. The SMILES string of the molecule is Cc1ccc(N)cc1NC1=CNC(c2cccnc2)=CC=N1. The summed E-state index contributed by atoms with van der Waals surface area (Å²) in [4.78, 5) is 8.51. The van der Waals surface area contributed by atoms with Gasteiger partial charge in [0.05, 0.1) is 0 Å². The number of anilines is 2. The van der Waals surface area contributed by atoms with Crippen LogP contribution in [0.5, 0.6) is 0 Å². The van der Waals surface area contributed by atoms with Crippen molar-refractivity contribution in [3.05, 3.63) is 71.9 Å². The molecule has 0 saturated heterocycles. The highest BCUT2D eigenvalue weighted by Crippen LogP contribution is 2.20. The maximum Gasteiger partial charge on any atom is 0.146 e. The molecule has 0 saturated carbocycles. The Morgan fingerprint density at radius 1 is 1.23 bits per heavy atom. The van der Waals surface area contributed by atoms with Crippen molar-refractivity contribution in [1.29, 1.82) is 0 Å². The number of nitrogens with one attached hydrogen (secondary N) is 2. The van der Waals surface area contributed by atoms with Crippen molar-refractivity contribution in [3.8, 4) is 0 Å². The summed E-state index contributed by atoms with van der Waals surface area (Å²) >= 11 is 0. The molecule has 0 unspecified atom stereocenters. The molecule has 0 amide bonds. The average molecular weight is 291 g/mol. The predicted octanol–water partition coefficient (Wildman–Crippen LogP) is 2.90. The molecule has 2 aromatic rings. The van der Waals surface area contributed by atoms with Crippen LogP contribution in [0.15, 0.2) is 65.8 Å². The van der Waals surface area contributed by atoms with Gasteiger partial charge in [-0.3, -0.25) is 4.98 Å². The molecule has 1 aliphatic rings. The van der Waals surface area contributed by atoms with E-state index in [1.807, 2.05) is 49.5 Å². The van der Waals surface area contributed by atoms with Crippen LogP contribution in [0.4, 0.5) is 11.4 Å². The number of benzene rings is 1. The molecule has 1 aliphatic heterocycles. The Morgan fingerprint density at radius 2 is 2.14 bits per heavy atom. The van der Waals surface area contributed by atoms with E-state index >= 15 is 0 Å². The van der Waals surface area contributed by atoms with Gasteiger partial charge in [-0.2, -0.15) is 0 Å². The summed E-state index contributed by atoms with van der Waals surface area (Å²) in [6.45, 7) is 2.02. The van der Waals surface area contributed by atoms with Gasteiger partial charge >= 0.3 is 0 Å². The van der Waals surface area contributed by atoms with Crippen LogP contribution in [0.2, 0.25) is 0 Å². The second kappa shape index (κ2) is 6.13. The molecule has 0 fully saturated rings. The largest absolute Gasteiger partial charge is 0.399 e. The van der Waals surface area contributed by atoms with Crippen molar-refractivity contribution in [2.75, 3.05) is 11.1 Å². The van der Waals surface area contributed by atoms with Crippen LogP contribution in [0.25, 0.3) is 5.70 Å². The number of nitrogens with two attached hydrogens (primary N) is 1. The molecule has 22 heavy (non-hydrogen) atoms. The number of allylic oxidation sites excluding steroid dienone is 1. The summed E-state index contributed by atoms with van der Waals surface area (Å²) in [7, 11) is 0. The molecule has 0 aliphatic carbocycles. The van der Waals surface area contributed by atoms with E-state index in [-0.39, 0.29) is 0 Å². The fraction of sp³-hybridized carbons (Fsp3) is 0.0588. The molecule has 0 radical (unpaired) electrons. The van der Waals surface area contributed by atoms with E-state index in [2.05, 4.69) is 20.6 Å². The first kappa shape index (κ1) is 13.9. The summed E-state index contributed by atoms with van der Waals surface area (Å²) in [6, 6.07) is 9.65. The Balaban J connectivity index is 1.78. The van der Waals surface area contributed by atoms with Gasteiger partial charge in [-0.1, -0.05) is 6.07 Å². The van der Waals surface area contributed by atoms with Gasteiger partial charge in [0.2, 0.25) is 0 Å². The van der Waals surface area contributed by atoms with E-state index < -0.39 is 0 Å². The molecule has 110 valence electrons. The first-order valence-corrected chi connectivity index (χ1v) is 6.97. The van der Waals surface area contributed by atoms with Gasteiger partial charge in [0, 0.05) is 47.4 Å². The molecule has 4 N–H and O–H groups in total. The number of aromatic nitrogens is 1. The zero-order valence-electron chi connectivity index (χ0n) is 12.2.